The number of nitrogens with one attached hydrogen (secondary N) is 1. The van der Waals surface area contributed by atoms with Gasteiger partial charge in [0.1, 0.15) is 0 Å². The molecule has 0 aliphatic carbocycles. The van der Waals surface area contributed by atoms with E-state index in [4.69, 9.17) is 4.52 Å². The standard InChI is InChI=1S/C6H8N2O/c1-4-5-2-8-9-6(5)3-7-4/h2,4,7H,3H2,1H3. The Balaban J connectivity index is 2.49. The molecule has 48 valence electrons. The van der Waals surface area contributed by atoms with Gasteiger partial charge in [-0.2, -0.15) is 0 Å². The van der Waals surface area contributed by atoms with E-state index in [1.54, 1.807) is 6.20 Å². The molecule has 3 heteroatoms. The highest BCUT2D eigenvalue weighted by Crippen LogP contribution is 2.23. The lowest BCUT2D eigenvalue weighted by atomic mass is 10.2. The maximum Gasteiger partial charge on any atom is 0.155 e. The van der Waals surface area contributed by atoms with E-state index < -0.39 is 0 Å². The van der Waals surface area contributed by atoms with Gasteiger partial charge < -0.3 is 9.84 Å². The molecule has 2 rings (SSSR count). The molecule has 0 saturated heterocycles. The quantitative estimate of drug-likeness (QED) is 0.557. The van der Waals surface area contributed by atoms with Gasteiger partial charge in [-0.3, -0.25) is 0 Å². The molecule has 1 N–H and O–H groups in total. The van der Waals surface area contributed by atoms with Crippen molar-refractivity contribution in [1.82, 2.24) is 10.5 Å². The second-order valence-corrected chi connectivity index (χ2v) is 2.31. The Morgan fingerprint density at radius 1 is 1.89 bits per heavy atom. The zero-order valence-electron chi connectivity index (χ0n) is 5.22. The highest BCUT2D eigenvalue weighted by atomic mass is 16.5. The van der Waals surface area contributed by atoms with Crippen LogP contribution in [0.4, 0.5) is 0 Å². The summed E-state index contributed by atoms with van der Waals surface area (Å²) in [5.41, 5.74) is 1.20. The van der Waals surface area contributed by atoms with Gasteiger partial charge in [0.25, 0.3) is 0 Å². The fourth-order valence-electron chi connectivity index (χ4n) is 1.11. The first-order chi connectivity index (χ1) is 4.38. The lowest BCUT2D eigenvalue weighted by Crippen LogP contribution is -2.07. The highest BCUT2D eigenvalue weighted by Gasteiger charge is 2.20. The highest BCUT2D eigenvalue weighted by molar-refractivity contribution is 5.21. The second-order valence-electron chi connectivity index (χ2n) is 2.31. The van der Waals surface area contributed by atoms with Crippen molar-refractivity contribution in [2.24, 2.45) is 0 Å². The molecule has 1 atom stereocenters. The third-order valence-corrected chi connectivity index (χ3v) is 1.71. The first-order valence-corrected chi connectivity index (χ1v) is 3.05. The molecule has 0 spiro atoms. The van der Waals surface area contributed by atoms with E-state index in [0.29, 0.717) is 6.04 Å². The normalized spacial score (nSPS) is 24.3. The van der Waals surface area contributed by atoms with Crippen molar-refractivity contribution in [2.45, 2.75) is 19.5 Å². The van der Waals surface area contributed by atoms with Crippen LogP contribution in [0, 0.1) is 0 Å². The van der Waals surface area contributed by atoms with Crippen LogP contribution in [0.2, 0.25) is 0 Å². The van der Waals surface area contributed by atoms with E-state index in [-0.39, 0.29) is 0 Å². The lowest BCUT2D eigenvalue weighted by Gasteiger charge is -1.97. The molecular formula is C6H8N2O. The van der Waals surface area contributed by atoms with Gasteiger partial charge in [0.2, 0.25) is 0 Å². The minimum absolute atomic E-state index is 0.422. The van der Waals surface area contributed by atoms with Crippen molar-refractivity contribution in [1.29, 1.82) is 0 Å². The Morgan fingerprint density at radius 3 is 3.56 bits per heavy atom. The van der Waals surface area contributed by atoms with Crippen LogP contribution in [0.25, 0.3) is 0 Å². The SMILES string of the molecule is CC1NCc2oncc21. The number of hydrogen-bond donors (Lipinski definition) is 1. The van der Waals surface area contributed by atoms with Crippen molar-refractivity contribution < 1.29 is 4.52 Å². The third-order valence-electron chi connectivity index (χ3n) is 1.71. The summed E-state index contributed by atoms with van der Waals surface area (Å²) in [5.74, 6) is 0.988. The average Bonchev–Trinajstić information content (AvgIpc) is 2.35. The van der Waals surface area contributed by atoms with Gasteiger partial charge >= 0.3 is 0 Å². The zero-order valence-corrected chi connectivity index (χ0v) is 5.22. The van der Waals surface area contributed by atoms with Gasteiger partial charge in [-0.15, -0.1) is 0 Å². The van der Waals surface area contributed by atoms with Crippen molar-refractivity contribution in [3.05, 3.63) is 17.5 Å². The van der Waals surface area contributed by atoms with Crippen molar-refractivity contribution >= 4 is 0 Å². The van der Waals surface area contributed by atoms with Crippen molar-refractivity contribution in [3.8, 4) is 0 Å². The van der Waals surface area contributed by atoms with E-state index in [1.165, 1.54) is 5.56 Å². The summed E-state index contributed by atoms with van der Waals surface area (Å²) in [7, 11) is 0. The average molecular weight is 124 g/mol. The Labute approximate surface area is 53.0 Å². The number of fused-ring (bicyclic) bond motifs is 1. The Bertz CT molecular complexity index is 219. The summed E-state index contributed by atoms with van der Waals surface area (Å²) in [5, 5.41) is 6.91. The molecule has 1 aromatic rings. The summed E-state index contributed by atoms with van der Waals surface area (Å²) in [4.78, 5) is 0. The van der Waals surface area contributed by atoms with Crippen LogP contribution in [0.15, 0.2) is 10.7 Å². The van der Waals surface area contributed by atoms with Gasteiger partial charge in [-0.1, -0.05) is 5.16 Å². The van der Waals surface area contributed by atoms with Crippen LogP contribution < -0.4 is 5.32 Å². The predicted molar refractivity (Wildman–Crippen MR) is 31.8 cm³/mol. The number of aromatic nitrogens is 1. The summed E-state index contributed by atoms with van der Waals surface area (Å²) < 4.78 is 4.93. The minimum atomic E-state index is 0.422. The molecule has 2 heterocycles. The fraction of sp³-hybridized carbons (Fsp3) is 0.500. The van der Waals surface area contributed by atoms with Gasteiger partial charge in [0, 0.05) is 11.6 Å². The first kappa shape index (κ1) is 4.99. The summed E-state index contributed by atoms with van der Waals surface area (Å²) in [6.45, 7) is 2.93. The van der Waals surface area contributed by atoms with Gasteiger partial charge in [0.05, 0.1) is 12.7 Å². The summed E-state index contributed by atoms with van der Waals surface area (Å²) in [6.07, 6.45) is 1.78. The predicted octanol–water partition coefficient (Wildman–Crippen LogP) is 0.839. The van der Waals surface area contributed by atoms with Gasteiger partial charge in [-0.25, -0.2) is 0 Å². The van der Waals surface area contributed by atoms with Crippen LogP contribution in [-0.4, -0.2) is 5.16 Å². The van der Waals surface area contributed by atoms with Crippen LogP contribution in [0.5, 0.6) is 0 Å². The molecule has 0 radical (unpaired) electrons. The molecular weight excluding hydrogens is 116 g/mol. The van der Waals surface area contributed by atoms with Crippen LogP contribution in [0.3, 0.4) is 0 Å². The summed E-state index contributed by atoms with van der Waals surface area (Å²) in [6, 6.07) is 0.422. The number of nitrogens with zero attached hydrogens (tertiary/aromatic N) is 1. The lowest BCUT2D eigenvalue weighted by molar-refractivity contribution is 0.379. The van der Waals surface area contributed by atoms with E-state index in [1.807, 2.05) is 0 Å². The van der Waals surface area contributed by atoms with Crippen LogP contribution in [0.1, 0.15) is 24.3 Å². The van der Waals surface area contributed by atoms with E-state index >= 15 is 0 Å². The smallest absolute Gasteiger partial charge is 0.155 e. The summed E-state index contributed by atoms with van der Waals surface area (Å²) >= 11 is 0. The molecule has 0 aromatic carbocycles. The van der Waals surface area contributed by atoms with Crippen molar-refractivity contribution in [2.75, 3.05) is 0 Å². The molecule has 1 aliphatic heterocycles. The van der Waals surface area contributed by atoms with Gasteiger partial charge in [0.15, 0.2) is 5.76 Å². The van der Waals surface area contributed by atoms with Crippen molar-refractivity contribution in [3.63, 3.8) is 0 Å². The largest absolute Gasteiger partial charge is 0.360 e. The Kier molecular flexibility index (Phi) is 0.873. The minimum Gasteiger partial charge on any atom is -0.360 e. The van der Waals surface area contributed by atoms with Gasteiger partial charge in [-0.05, 0) is 6.92 Å². The number of rotatable bonds is 0. The fourth-order valence-corrected chi connectivity index (χ4v) is 1.11. The molecule has 0 amide bonds. The third kappa shape index (κ3) is 0.580. The molecule has 9 heavy (non-hydrogen) atoms. The number of hydrogen-bond acceptors (Lipinski definition) is 3. The van der Waals surface area contributed by atoms with E-state index in [2.05, 4.69) is 17.4 Å². The maximum atomic E-state index is 4.93. The molecule has 0 saturated carbocycles. The topological polar surface area (TPSA) is 38.1 Å². The van der Waals surface area contributed by atoms with E-state index in [9.17, 15) is 0 Å². The van der Waals surface area contributed by atoms with Crippen LogP contribution >= 0.6 is 0 Å². The Morgan fingerprint density at radius 2 is 2.78 bits per heavy atom. The molecule has 0 fully saturated rings. The zero-order chi connectivity index (χ0) is 6.27. The Hall–Kier alpha value is -0.830. The molecule has 3 nitrogen and oxygen atoms in total. The molecule has 1 aromatic heterocycles. The maximum absolute atomic E-state index is 4.93. The van der Waals surface area contributed by atoms with Crippen LogP contribution in [-0.2, 0) is 6.54 Å². The molecule has 1 unspecified atom stereocenters. The van der Waals surface area contributed by atoms with E-state index in [0.717, 1.165) is 12.3 Å². The first-order valence-electron chi connectivity index (χ1n) is 3.05. The second kappa shape index (κ2) is 1.57. The molecule has 1 aliphatic rings. The monoisotopic (exact) mass is 124 g/mol. The molecule has 0 bridgehead atoms.